The van der Waals surface area contributed by atoms with E-state index in [4.69, 9.17) is 5.26 Å². The first-order chi connectivity index (χ1) is 7.29. The summed E-state index contributed by atoms with van der Waals surface area (Å²) in [6.07, 6.45) is -7.44. The molecular formula is C9H5F5N2. The molecule has 0 aliphatic heterocycles. The first-order valence-corrected chi connectivity index (χ1v) is 4.04. The fraction of sp³-hybridized carbons (Fsp3) is 0.333. The van der Waals surface area contributed by atoms with Crippen LogP contribution in [0.4, 0.5) is 22.0 Å². The second-order valence-electron chi connectivity index (χ2n) is 2.97. The summed E-state index contributed by atoms with van der Waals surface area (Å²) in [5, 5.41) is 8.46. The number of halogens is 5. The standard InChI is InChI=1S/C9H5F5N2/c1-4-6(9(12,13)14)5(2-15)3-16-7(4)8(10)11/h3,8H,1H3. The van der Waals surface area contributed by atoms with Crippen molar-refractivity contribution in [1.82, 2.24) is 4.98 Å². The minimum atomic E-state index is -4.85. The molecule has 0 saturated heterocycles. The third-order valence-corrected chi connectivity index (χ3v) is 1.97. The molecule has 0 spiro atoms. The Morgan fingerprint density at radius 2 is 1.94 bits per heavy atom. The zero-order chi connectivity index (χ0) is 12.5. The second kappa shape index (κ2) is 4.04. The van der Waals surface area contributed by atoms with Gasteiger partial charge in [0.2, 0.25) is 0 Å². The zero-order valence-corrected chi connectivity index (χ0v) is 7.94. The highest BCUT2D eigenvalue weighted by Gasteiger charge is 2.37. The number of nitrogens with zero attached hydrogens (tertiary/aromatic N) is 2. The van der Waals surface area contributed by atoms with Gasteiger partial charge in [0, 0.05) is 6.20 Å². The summed E-state index contributed by atoms with van der Waals surface area (Å²) >= 11 is 0. The Labute approximate surface area is 87.3 Å². The number of nitriles is 1. The molecule has 16 heavy (non-hydrogen) atoms. The van der Waals surface area contributed by atoms with Crippen LogP contribution in [0.3, 0.4) is 0 Å². The van der Waals surface area contributed by atoms with Crippen molar-refractivity contribution < 1.29 is 22.0 Å². The lowest BCUT2D eigenvalue weighted by atomic mass is 10.0. The molecule has 0 radical (unpaired) electrons. The Morgan fingerprint density at radius 3 is 2.31 bits per heavy atom. The maximum Gasteiger partial charge on any atom is 0.418 e. The van der Waals surface area contributed by atoms with Crippen LogP contribution >= 0.6 is 0 Å². The highest BCUT2D eigenvalue weighted by molar-refractivity contribution is 5.44. The van der Waals surface area contributed by atoms with Crippen molar-refractivity contribution in [3.63, 3.8) is 0 Å². The summed E-state index contributed by atoms with van der Waals surface area (Å²) in [7, 11) is 0. The van der Waals surface area contributed by atoms with E-state index in [1.165, 1.54) is 6.07 Å². The molecule has 1 heterocycles. The van der Waals surface area contributed by atoms with E-state index in [-0.39, 0.29) is 0 Å². The molecule has 0 unspecified atom stereocenters. The van der Waals surface area contributed by atoms with Crippen molar-refractivity contribution in [3.8, 4) is 6.07 Å². The largest absolute Gasteiger partial charge is 0.418 e. The van der Waals surface area contributed by atoms with Crippen molar-refractivity contribution in [1.29, 1.82) is 5.26 Å². The fourth-order valence-corrected chi connectivity index (χ4v) is 1.30. The van der Waals surface area contributed by atoms with Gasteiger partial charge in [-0.2, -0.15) is 18.4 Å². The summed E-state index contributed by atoms with van der Waals surface area (Å²) < 4.78 is 62.2. The molecule has 1 aromatic heterocycles. The van der Waals surface area contributed by atoms with Crippen LogP contribution in [0, 0.1) is 18.3 Å². The molecule has 0 amide bonds. The number of pyridine rings is 1. The Kier molecular flexibility index (Phi) is 3.12. The molecule has 1 rings (SSSR count). The Hall–Kier alpha value is -1.71. The first kappa shape index (κ1) is 12.4. The van der Waals surface area contributed by atoms with Crippen LogP contribution in [-0.2, 0) is 6.18 Å². The lowest BCUT2D eigenvalue weighted by Gasteiger charge is -2.14. The molecular weight excluding hydrogens is 231 g/mol. The summed E-state index contributed by atoms with van der Waals surface area (Å²) in [6.45, 7) is 0.873. The molecule has 0 aliphatic rings. The summed E-state index contributed by atoms with van der Waals surface area (Å²) in [4.78, 5) is 3.15. The molecule has 0 N–H and O–H groups in total. The predicted octanol–water partition coefficient (Wildman–Crippen LogP) is 3.22. The van der Waals surface area contributed by atoms with Gasteiger partial charge in [-0.05, 0) is 12.5 Å². The number of aromatic nitrogens is 1. The molecule has 1 aromatic rings. The van der Waals surface area contributed by atoms with E-state index in [1.54, 1.807) is 0 Å². The molecule has 0 saturated carbocycles. The van der Waals surface area contributed by atoms with Crippen LogP contribution < -0.4 is 0 Å². The Morgan fingerprint density at radius 1 is 1.38 bits per heavy atom. The SMILES string of the molecule is Cc1c(C(F)F)ncc(C#N)c1C(F)(F)F. The van der Waals surface area contributed by atoms with Gasteiger partial charge in [0.1, 0.15) is 11.8 Å². The fourth-order valence-electron chi connectivity index (χ4n) is 1.30. The van der Waals surface area contributed by atoms with Crippen LogP contribution in [0.15, 0.2) is 6.20 Å². The van der Waals surface area contributed by atoms with Crippen LogP contribution in [-0.4, -0.2) is 4.98 Å². The predicted molar refractivity (Wildman–Crippen MR) is 43.6 cm³/mol. The van der Waals surface area contributed by atoms with Gasteiger partial charge < -0.3 is 0 Å². The summed E-state index contributed by atoms with van der Waals surface area (Å²) in [6, 6.07) is 1.28. The van der Waals surface area contributed by atoms with Crippen molar-refractivity contribution in [2.75, 3.05) is 0 Å². The highest BCUT2D eigenvalue weighted by atomic mass is 19.4. The topological polar surface area (TPSA) is 36.7 Å². The maximum absolute atomic E-state index is 12.5. The third kappa shape index (κ3) is 2.10. The molecule has 0 aromatic carbocycles. The monoisotopic (exact) mass is 236 g/mol. The molecule has 0 atom stereocenters. The number of alkyl halides is 5. The molecule has 2 nitrogen and oxygen atoms in total. The van der Waals surface area contributed by atoms with Crippen molar-refractivity contribution >= 4 is 0 Å². The van der Waals surface area contributed by atoms with E-state index in [0.29, 0.717) is 6.20 Å². The average molecular weight is 236 g/mol. The Balaban J connectivity index is 3.55. The lowest BCUT2D eigenvalue weighted by molar-refractivity contribution is -0.138. The minimum absolute atomic E-state index is 0.511. The molecule has 0 aliphatic carbocycles. The average Bonchev–Trinajstić information content (AvgIpc) is 2.14. The molecule has 0 fully saturated rings. The molecule has 7 heteroatoms. The molecule has 0 bridgehead atoms. The van der Waals surface area contributed by atoms with Gasteiger partial charge >= 0.3 is 6.18 Å². The van der Waals surface area contributed by atoms with Gasteiger partial charge in [-0.15, -0.1) is 0 Å². The van der Waals surface area contributed by atoms with E-state index in [1.807, 2.05) is 0 Å². The van der Waals surface area contributed by atoms with Crippen molar-refractivity contribution in [3.05, 3.63) is 28.6 Å². The van der Waals surface area contributed by atoms with Gasteiger partial charge in [0.25, 0.3) is 6.43 Å². The highest BCUT2D eigenvalue weighted by Crippen LogP contribution is 2.36. The quantitative estimate of drug-likeness (QED) is 0.702. The lowest BCUT2D eigenvalue weighted by Crippen LogP contribution is -2.13. The van der Waals surface area contributed by atoms with E-state index in [2.05, 4.69) is 4.98 Å². The van der Waals surface area contributed by atoms with Gasteiger partial charge in [-0.3, -0.25) is 4.98 Å². The van der Waals surface area contributed by atoms with Crippen LogP contribution in [0.25, 0.3) is 0 Å². The summed E-state index contributed by atoms with van der Waals surface area (Å²) in [5.41, 5.74) is -3.76. The van der Waals surface area contributed by atoms with E-state index in [0.717, 1.165) is 6.92 Å². The Bertz CT molecular complexity index is 444. The third-order valence-electron chi connectivity index (χ3n) is 1.97. The second-order valence-corrected chi connectivity index (χ2v) is 2.97. The van der Waals surface area contributed by atoms with Crippen LogP contribution in [0.1, 0.15) is 28.8 Å². The maximum atomic E-state index is 12.5. The van der Waals surface area contributed by atoms with Crippen molar-refractivity contribution in [2.45, 2.75) is 19.5 Å². The molecule has 86 valence electrons. The minimum Gasteiger partial charge on any atom is -0.254 e. The summed E-state index contributed by atoms with van der Waals surface area (Å²) in [5.74, 6) is 0. The zero-order valence-electron chi connectivity index (χ0n) is 7.94. The van der Waals surface area contributed by atoms with E-state index < -0.39 is 35.0 Å². The van der Waals surface area contributed by atoms with Crippen molar-refractivity contribution in [2.24, 2.45) is 0 Å². The van der Waals surface area contributed by atoms with Crippen LogP contribution in [0.2, 0.25) is 0 Å². The van der Waals surface area contributed by atoms with Crippen LogP contribution in [0.5, 0.6) is 0 Å². The van der Waals surface area contributed by atoms with Gasteiger partial charge in [0.05, 0.1) is 11.1 Å². The first-order valence-electron chi connectivity index (χ1n) is 4.04. The van der Waals surface area contributed by atoms with E-state index >= 15 is 0 Å². The number of hydrogen-bond donors (Lipinski definition) is 0. The normalized spacial score (nSPS) is 11.6. The smallest absolute Gasteiger partial charge is 0.254 e. The van der Waals surface area contributed by atoms with E-state index in [9.17, 15) is 22.0 Å². The van der Waals surface area contributed by atoms with Gasteiger partial charge in [0.15, 0.2) is 0 Å². The number of hydrogen-bond acceptors (Lipinski definition) is 2. The number of rotatable bonds is 1. The van der Waals surface area contributed by atoms with Gasteiger partial charge in [-0.25, -0.2) is 8.78 Å². The van der Waals surface area contributed by atoms with Gasteiger partial charge in [-0.1, -0.05) is 0 Å².